The van der Waals surface area contributed by atoms with Crippen LogP contribution in [0.4, 0.5) is 5.69 Å². The van der Waals surface area contributed by atoms with Crippen molar-refractivity contribution in [3.63, 3.8) is 0 Å². The Morgan fingerprint density at radius 2 is 1.90 bits per heavy atom. The Morgan fingerprint density at radius 3 is 2.66 bits per heavy atom. The number of anilines is 1. The first kappa shape index (κ1) is 18.9. The van der Waals surface area contributed by atoms with Gasteiger partial charge < -0.3 is 15.2 Å². The van der Waals surface area contributed by atoms with Crippen molar-refractivity contribution in [2.45, 2.75) is 19.8 Å². The van der Waals surface area contributed by atoms with E-state index in [2.05, 4.69) is 16.4 Å². The lowest BCUT2D eigenvalue weighted by atomic mass is 10.1. The largest absolute Gasteiger partial charge is 0.361 e. The summed E-state index contributed by atoms with van der Waals surface area (Å²) in [5.41, 5.74) is 3.57. The van der Waals surface area contributed by atoms with E-state index in [1.165, 1.54) is 6.92 Å². The van der Waals surface area contributed by atoms with Crippen molar-refractivity contribution in [3.05, 3.63) is 65.9 Å². The fourth-order valence-corrected chi connectivity index (χ4v) is 3.81. The number of aromatic nitrogens is 1. The molecule has 6 heteroatoms. The Bertz CT molecular complexity index is 1070. The van der Waals surface area contributed by atoms with Crippen LogP contribution in [-0.4, -0.2) is 35.7 Å². The predicted octanol–water partition coefficient (Wildman–Crippen LogP) is 3.08. The Morgan fingerprint density at radius 1 is 1.14 bits per heavy atom. The maximum absolute atomic E-state index is 12.6. The van der Waals surface area contributed by atoms with Crippen LogP contribution in [0, 0.1) is 5.92 Å². The summed E-state index contributed by atoms with van der Waals surface area (Å²) >= 11 is 0. The first-order chi connectivity index (χ1) is 14.0. The average Bonchev–Trinajstić information content (AvgIpc) is 3.32. The SMILES string of the molecule is CC(=O)c1ccc(N2CC(C(=O)NCCc3c[nH]c4ccccc34)CC2=O)cc1. The van der Waals surface area contributed by atoms with E-state index in [0.29, 0.717) is 24.3 Å². The van der Waals surface area contributed by atoms with Crippen molar-refractivity contribution in [3.8, 4) is 0 Å². The standard InChI is InChI=1S/C23H23N3O3/c1-15(27)16-6-8-19(9-7-16)26-14-18(12-22(26)28)23(29)24-11-10-17-13-25-21-5-3-2-4-20(17)21/h2-9,13,18,25H,10-12,14H2,1H3,(H,24,29). The van der Waals surface area contributed by atoms with E-state index in [4.69, 9.17) is 0 Å². The van der Waals surface area contributed by atoms with Crippen LogP contribution in [0.2, 0.25) is 0 Å². The molecule has 1 saturated heterocycles. The summed E-state index contributed by atoms with van der Waals surface area (Å²) in [4.78, 5) is 41.2. The van der Waals surface area contributed by atoms with E-state index in [1.807, 2.05) is 24.4 Å². The number of nitrogens with one attached hydrogen (secondary N) is 2. The molecule has 1 aliphatic rings. The highest BCUT2D eigenvalue weighted by Gasteiger charge is 2.34. The van der Waals surface area contributed by atoms with Gasteiger partial charge in [-0.25, -0.2) is 0 Å². The second-order valence-electron chi connectivity index (χ2n) is 7.41. The monoisotopic (exact) mass is 389 g/mol. The second-order valence-corrected chi connectivity index (χ2v) is 7.41. The van der Waals surface area contributed by atoms with E-state index in [0.717, 1.165) is 22.9 Å². The van der Waals surface area contributed by atoms with Gasteiger partial charge in [-0.2, -0.15) is 0 Å². The molecule has 4 rings (SSSR count). The molecule has 2 heterocycles. The zero-order valence-corrected chi connectivity index (χ0v) is 16.3. The third-order valence-corrected chi connectivity index (χ3v) is 5.45. The molecule has 6 nitrogen and oxygen atoms in total. The van der Waals surface area contributed by atoms with E-state index in [9.17, 15) is 14.4 Å². The van der Waals surface area contributed by atoms with Crippen LogP contribution >= 0.6 is 0 Å². The summed E-state index contributed by atoms with van der Waals surface area (Å²) in [7, 11) is 0. The van der Waals surface area contributed by atoms with Crippen molar-refractivity contribution in [1.82, 2.24) is 10.3 Å². The molecule has 2 amide bonds. The van der Waals surface area contributed by atoms with Gasteiger partial charge in [0.25, 0.3) is 0 Å². The summed E-state index contributed by atoms with van der Waals surface area (Å²) in [6.45, 7) is 2.39. The normalized spacial score (nSPS) is 16.4. The fourth-order valence-electron chi connectivity index (χ4n) is 3.81. The molecule has 0 saturated carbocycles. The minimum Gasteiger partial charge on any atom is -0.361 e. The number of hydrogen-bond donors (Lipinski definition) is 2. The Labute approximate surface area is 168 Å². The third kappa shape index (κ3) is 3.92. The van der Waals surface area contributed by atoms with E-state index >= 15 is 0 Å². The van der Waals surface area contributed by atoms with E-state index in [-0.39, 0.29) is 29.9 Å². The first-order valence-corrected chi connectivity index (χ1v) is 9.77. The lowest BCUT2D eigenvalue weighted by Gasteiger charge is -2.17. The highest BCUT2D eigenvalue weighted by atomic mass is 16.2. The molecular formula is C23H23N3O3. The van der Waals surface area contributed by atoms with Crippen molar-refractivity contribution in [2.75, 3.05) is 18.0 Å². The molecule has 0 bridgehead atoms. The topological polar surface area (TPSA) is 82.3 Å². The van der Waals surface area contributed by atoms with Gasteiger partial charge in [0.1, 0.15) is 0 Å². The Hall–Kier alpha value is -3.41. The van der Waals surface area contributed by atoms with Crippen molar-refractivity contribution < 1.29 is 14.4 Å². The summed E-state index contributed by atoms with van der Waals surface area (Å²) < 4.78 is 0. The molecule has 1 aromatic heterocycles. The molecule has 1 aliphatic heterocycles. The molecule has 1 fully saturated rings. The maximum Gasteiger partial charge on any atom is 0.227 e. The minimum atomic E-state index is -0.363. The predicted molar refractivity (Wildman–Crippen MR) is 112 cm³/mol. The number of hydrogen-bond acceptors (Lipinski definition) is 3. The first-order valence-electron chi connectivity index (χ1n) is 9.77. The number of nitrogens with zero attached hydrogens (tertiary/aromatic N) is 1. The number of fused-ring (bicyclic) bond motifs is 1. The summed E-state index contributed by atoms with van der Waals surface area (Å²) in [5, 5.41) is 4.13. The second kappa shape index (κ2) is 7.91. The Kier molecular flexibility index (Phi) is 5.16. The zero-order chi connectivity index (χ0) is 20.4. The molecule has 2 N–H and O–H groups in total. The third-order valence-electron chi connectivity index (χ3n) is 5.45. The van der Waals surface area contributed by atoms with Gasteiger partial charge in [-0.15, -0.1) is 0 Å². The molecule has 0 spiro atoms. The van der Waals surface area contributed by atoms with Crippen LogP contribution in [0.5, 0.6) is 0 Å². The number of H-pyrrole nitrogens is 1. The van der Waals surface area contributed by atoms with Crippen LogP contribution < -0.4 is 10.2 Å². The molecule has 3 aromatic rings. The van der Waals surface area contributed by atoms with Crippen molar-refractivity contribution in [2.24, 2.45) is 5.92 Å². The van der Waals surface area contributed by atoms with Gasteiger partial charge in [0, 0.05) is 47.9 Å². The van der Waals surface area contributed by atoms with Crippen molar-refractivity contribution >= 4 is 34.2 Å². The summed E-state index contributed by atoms with van der Waals surface area (Å²) in [6.07, 6.45) is 2.91. The van der Waals surface area contributed by atoms with Crippen LogP contribution in [0.25, 0.3) is 10.9 Å². The minimum absolute atomic E-state index is 0.0169. The number of para-hydroxylation sites is 1. The lowest BCUT2D eigenvalue weighted by molar-refractivity contribution is -0.126. The molecule has 29 heavy (non-hydrogen) atoms. The average molecular weight is 389 g/mol. The molecular weight excluding hydrogens is 366 g/mol. The van der Waals surface area contributed by atoms with Gasteiger partial charge in [-0.05, 0) is 49.2 Å². The number of ketones is 1. The number of rotatable bonds is 6. The summed E-state index contributed by atoms with van der Waals surface area (Å²) in [6, 6.07) is 15.0. The molecule has 148 valence electrons. The lowest BCUT2D eigenvalue weighted by Crippen LogP contribution is -2.34. The van der Waals surface area contributed by atoms with Gasteiger partial charge >= 0.3 is 0 Å². The number of Topliss-reactive ketones (excluding diaryl/α,β-unsaturated/α-hetero) is 1. The van der Waals surface area contributed by atoms with Gasteiger partial charge in [0.05, 0.1) is 5.92 Å². The Balaban J connectivity index is 1.33. The van der Waals surface area contributed by atoms with E-state index < -0.39 is 0 Å². The quantitative estimate of drug-likeness (QED) is 0.636. The molecule has 1 atom stereocenters. The van der Waals surface area contributed by atoms with E-state index in [1.54, 1.807) is 29.2 Å². The maximum atomic E-state index is 12.6. The van der Waals surface area contributed by atoms with Gasteiger partial charge in [0.15, 0.2) is 5.78 Å². The highest BCUT2D eigenvalue weighted by molar-refractivity contribution is 6.01. The van der Waals surface area contributed by atoms with Crippen molar-refractivity contribution in [1.29, 1.82) is 0 Å². The zero-order valence-electron chi connectivity index (χ0n) is 16.3. The number of aromatic amines is 1. The van der Waals surface area contributed by atoms with Crippen LogP contribution in [-0.2, 0) is 16.0 Å². The van der Waals surface area contributed by atoms with Crippen LogP contribution in [0.15, 0.2) is 54.7 Å². The molecule has 0 radical (unpaired) electrons. The van der Waals surface area contributed by atoms with Gasteiger partial charge in [-0.3, -0.25) is 14.4 Å². The molecule has 2 aromatic carbocycles. The number of amides is 2. The smallest absolute Gasteiger partial charge is 0.227 e. The molecule has 0 aliphatic carbocycles. The van der Waals surface area contributed by atoms with Gasteiger partial charge in [0.2, 0.25) is 11.8 Å². The van der Waals surface area contributed by atoms with Gasteiger partial charge in [-0.1, -0.05) is 18.2 Å². The molecule has 1 unspecified atom stereocenters. The van der Waals surface area contributed by atoms with Crippen LogP contribution in [0.1, 0.15) is 29.3 Å². The number of carbonyl (C=O) groups excluding carboxylic acids is 3. The number of carbonyl (C=O) groups is 3. The fraction of sp³-hybridized carbons (Fsp3) is 0.261. The highest BCUT2D eigenvalue weighted by Crippen LogP contribution is 2.26. The summed E-state index contributed by atoms with van der Waals surface area (Å²) in [5.74, 6) is -0.548. The van der Waals surface area contributed by atoms with Crippen LogP contribution in [0.3, 0.4) is 0 Å². The number of benzene rings is 2.